The molecule has 0 aliphatic carbocycles. The number of aryl methyl sites for hydroxylation is 1. The molecule has 0 unspecified atom stereocenters. The van der Waals surface area contributed by atoms with E-state index in [1.807, 2.05) is 13.0 Å². The molecule has 2 aromatic carbocycles. The van der Waals surface area contributed by atoms with Gasteiger partial charge in [0.05, 0.1) is 11.4 Å². The van der Waals surface area contributed by atoms with Crippen LogP contribution in [0, 0.1) is 12.7 Å². The number of hydrogen-bond acceptors (Lipinski definition) is 3. The van der Waals surface area contributed by atoms with Crippen LogP contribution in [0.4, 0.5) is 4.39 Å². The Morgan fingerprint density at radius 1 is 1.15 bits per heavy atom. The van der Waals surface area contributed by atoms with Gasteiger partial charge in [-0.15, -0.1) is 24.0 Å². The lowest BCUT2D eigenvalue weighted by Crippen LogP contribution is -2.37. The Morgan fingerprint density at radius 2 is 1.85 bits per heavy atom. The summed E-state index contributed by atoms with van der Waals surface area (Å²) in [6.07, 6.45) is 1.20. The lowest BCUT2D eigenvalue weighted by atomic mass is 10.1. The van der Waals surface area contributed by atoms with Crippen LogP contribution in [0.1, 0.15) is 23.6 Å². The molecule has 148 valence electrons. The number of benzene rings is 2. The van der Waals surface area contributed by atoms with Crippen LogP contribution in [0.2, 0.25) is 0 Å². The molecule has 0 fully saturated rings. The number of nitrogens with zero attached hydrogens (tertiary/aromatic N) is 1. The molecule has 2 rings (SSSR count). The zero-order chi connectivity index (χ0) is 19.2. The van der Waals surface area contributed by atoms with Crippen molar-refractivity contribution in [1.29, 1.82) is 0 Å². The smallest absolute Gasteiger partial charge is 0.191 e. The maximum Gasteiger partial charge on any atom is 0.191 e. The third-order valence-electron chi connectivity index (χ3n) is 3.81. The number of nitrogens with one attached hydrogen (secondary N) is 2. The van der Waals surface area contributed by atoms with Gasteiger partial charge in [0.1, 0.15) is 5.82 Å². The van der Waals surface area contributed by atoms with Gasteiger partial charge in [-0.1, -0.05) is 30.3 Å². The Morgan fingerprint density at radius 3 is 2.44 bits per heavy atom. The van der Waals surface area contributed by atoms with Crippen LogP contribution >= 0.6 is 24.0 Å². The highest BCUT2D eigenvalue weighted by molar-refractivity contribution is 14.0. The standard InChI is InChI=1S/C19H24FN3O2S.HI/c1-4-21-19(23-13-16-7-5-6-8-17(16)20)22-12-15-9-10-18(14(2)11-15)26(3,24)25;/h5-11H,4,12-13H2,1-3H3,(H2,21,22,23);1H. The van der Waals surface area contributed by atoms with Crippen molar-refractivity contribution in [2.24, 2.45) is 4.99 Å². The largest absolute Gasteiger partial charge is 0.357 e. The third-order valence-corrected chi connectivity index (χ3v) is 5.06. The minimum atomic E-state index is -3.23. The first-order valence-electron chi connectivity index (χ1n) is 8.36. The molecule has 2 aromatic rings. The Balaban J connectivity index is 0.00000364. The van der Waals surface area contributed by atoms with Gasteiger partial charge in [0, 0.05) is 24.9 Å². The van der Waals surface area contributed by atoms with Crippen molar-refractivity contribution in [1.82, 2.24) is 10.6 Å². The maximum absolute atomic E-state index is 13.7. The Labute approximate surface area is 177 Å². The maximum atomic E-state index is 13.7. The molecule has 8 heteroatoms. The summed E-state index contributed by atoms with van der Waals surface area (Å²) in [5.41, 5.74) is 2.16. The molecule has 0 atom stereocenters. The van der Waals surface area contributed by atoms with E-state index in [1.54, 1.807) is 37.3 Å². The monoisotopic (exact) mass is 505 g/mol. The van der Waals surface area contributed by atoms with Crippen LogP contribution in [0.5, 0.6) is 0 Å². The van der Waals surface area contributed by atoms with Crippen molar-refractivity contribution >= 4 is 39.8 Å². The van der Waals surface area contributed by atoms with Crippen molar-refractivity contribution in [3.63, 3.8) is 0 Å². The van der Waals surface area contributed by atoms with Crippen LogP contribution in [-0.4, -0.2) is 27.2 Å². The van der Waals surface area contributed by atoms with Gasteiger partial charge < -0.3 is 10.6 Å². The normalized spacial score (nSPS) is 11.6. The van der Waals surface area contributed by atoms with Gasteiger partial charge >= 0.3 is 0 Å². The van der Waals surface area contributed by atoms with Gasteiger partial charge in [-0.25, -0.2) is 17.8 Å². The molecular formula is C19H25FIN3O2S. The number of sulfone groups is 1. The molecule has 0 saturated carbocycles. The highest BCUT2D eigenvalue weighted by Crippen LogP contribution is 2.17. The van der Waals surface area contributed by atoms with Crippen molar-refractivity contribution in [3.8, 4) is 0 Å². The Hall–Kier alpha value is -1.68. The zero-order valence-corrected chi connectivity index (χ0v) is 18.8. The number of rotatable bonds is 6. The fourth-order valence-electron chi connectivity index (χ4n) is 2.56. The second-order valence-electron chi connectivity index (χ2n) is 6.01. The van der Waals surface area contributed by atoms with Gasteiger partial charge in [0.2, 0.25) is 0 Å². The minimum Gasteiger partial charge on any atom is -0.357 e. The van der Waals surface area contributed by atoms with E-state index in [1.165, 1.54) is 12.3 Å². The first kappa shape index (κ1) is 23.4. The van der Waals surface area contributed by atoms with E-state index in [0.717, 1.165) is 5.56 Å². The average molecular weight is 505 g/mol. The van der Waals surface area contributed by atoms with Crippen molar-refractivity contribution < 1.29 is 12.8 Å². The molecule has 0 amide bonds. The highest BCUT2D eigenvalue weighted by Gasteiger charge is 2.10. The minimum absolute atomic E-state index is 0. The van der Waals surface area contributed by atoms with Crippen molar-refractivity contribution in [2.75, 3.05) is 12.8 Å². The predicted octanol–water partition coefficient (Wildman–Crippen LogP) is 3.41. The predicted molar refractivity (Wildman–Crippen MR) is 118 cm³/mol. The Kier molecular flexibility index (Phi) is 9.17. The Bertz CT molecular complexity index is 902. The van der Waals surface area contributed by atoms with Crippen LogP contribution < -0.4 is 10.6 Å². The van der Waals surface area contributed by atoms with Gasteiger partial charge in [-0.3, -0.25) is 0 Å². The lowest BCUT2D eigenvalue weighted by Gasteiger charge is -2.12. The van der Waals surface area contributed by atoms with Crippen LogP contribution in [0.25, 0.3) is 0 Å². The molecule has 0 spiro atoms. The van der Waals surface area contributed by atoms with E-state index < -0.39 is 9.84 Å². The molecule has 5 nitrogen and oxygen atoms in total. The van der Waals surface area contributed by atoms with E-state index in [0.29, 0.717) is 41.6 Å². The molecular weight excluding hydrogens is 480 g/mol. The molecule has 27 heavy (non-hydrogen) atoms. The molecule has 0 heterocycles. The van der Waals surface area contributed by atoms with E-state index in [-0.39, 0.29) is 29.8 Å². The van der Waals surface area contributed by atoms with Gasteiger partial charge in [-0.05, 0) is 37.1 Å². The van der Waals surface area contributed by atoms with Crippen molar-refractivity contribution in [3.05, 3.63) is 65.0 Å². The fourth-order valence-corrected chi connectivity index (χ4v) is 3.52. The number of halogens is 2. The van der Waals surface area contributed by atoms with Crippen LogP contribution in [-0.2, 0) is 22.9 Å². The lowest BCUT2D eigenvalue weighted by molar-refractivity contribution is 0.601. The van der Waals surface area contributed by atoms with Gasteiger partial charge in [-0.2, -0.15) is 0 Å². The molecule has 0 radical (unpaired) electrons. The fraction of sp³-hybridized carbons (Fsp3) is 0.316. The average Bonchev–Trinajstić information content (AvgIpc) is 2.57. The molecule has 0 aromatic heterocycles. The highest BCUT2D eigenvalue weighted by atomic mass is 127. The number of aliphatic imine (C=N–C) groups is 1. The first-order chi connectivity index (χ1) is 12.3. The molecule has 0 saturated heterocycles. The van der Waals surface area contributed by atoms with Crippen LogP contribution in [0.3, 0.4) is 0 Å². The van der Waals surface area contributed by atoms with Gasteiger partial charge in [0.25, 0.3) is 0 Å². The molecule has 0 aliphatic heterocycles. The van der Waals surface area contributed by atoms with E-state index in [9.17, 15) is 12.8 Å². The summed E-state index contributed by atoms with van der Waals surface area (Å²) in [5.74, 6) is 0.309. The molecule has 0 bridgehead atoms. The van der Waals surface area contributed by atoms with Crippen molar-refractivity contribution in [2.45, 2.75) is 31.8 Å². The summed E-state index contributed by atoms with van der Waals surface area (Å²) in [6, 6.07) is 11.8. The third kappa shape index (κ3) is 7.10. The zero-order valence-electron chi connectivity index (χ0n) is 15.6. The second-order valence-corrected chi connectivity index (χ2v) is 8.00. The first-order valence-corrected chi connectivity index (χ1v) is 10.3. The summed E-state index contributed by atoms with van der Waals surface area (Å²) in [5, 5.41) is 6.21. The van der Waals surface area contributed by atoms with E-state index >= 15 is 0 Å². The summed E-state index contributed by atoms with van der Waals surface area (Å²) in [4.78, 5) is 4.81. The van der Waals surface area contributed by atoms with E-state index in [4.69, 9.17) is 0 Å². The summed E-state index contributed by atoms with van der Waals surface area (Å²) < 4.78 is 37.1. The van der Waals surface area contributed by atoms with E-state index in [2.05, 4.69) is 15.6 Å². The van der Waals surface area contributed by atoms with Gasteiger partial charge in [0.15, 0.2) is 15.8 Å². The molecule has 2 N–H and O–H groups in total. The topological polar surface area (TPSA) is 70.6 Å². The van der Waals surface area contributed by atoms with Crippen LogP contribution in [0.15, 0.2) is 52.4 Å². The summed E-state index contributed by atoms with van der Waals surface area (Å²) in [6.45, 7) is 5.10. The SMILES string of the molecule is CCNC(=NCc1ccc(S(C)(=O)=O)c(C)c1)NCc1ccccc1F.I. The summed E-state index contributed by atoms with van der Waals surface area (Å²) in [7, 11) is -3.23. The number of guanidine groups is 1. The quantitative estimate of drug-likeness (QED) is 0.359. The summed E-state index contributed by atoms with van der Waals surface area (Å²) >= 11 is 0. The second kappa shape index (κ2) is 10.6. The molecule has 0 aliphatic rings. The number of hydrogen-bond donors (Lipinski definition) is 2.